The molecule has 25 heavy (non-hydrogen) atoms. The van der Waals surface area contributed by atoms with Gasteiger partial charge in [-0.2, -0.15) is 0 Å². The monoisotopic (exact) mass is 345 g/mol. The van der Waals surface area contributed by atoms with Gasteiger partial charge in [-0.05, 0) is 31.0 Å². The van der Waals surface area contributed by atoms with Gasteiger partial charge in [-0.25, -0.2) is 9.37 Å². The fraction of sp³-hybridized carbons (Fsp3) is 0.353. The first-order valence-corrected chi connectivity index (χ1v) is 8.16. The van der Waals surface area contributed by atoms with Gasteiger partial charge in [0.2, 0.25) is 5.82 Å². The van der Waals surface area contributed by atoms with Crippen LogP contribution in [-0.4, -0.2) is 36.2 Å². The van der Waals surface area contributed by atoms with Gasteiger partial charge in [0.15, 0.2) is 0 Å². The molecule has 1 aromatic carbocycles. The highest BCUT2D eigenvalue weighted by atomic mass is 19.1. The van der Waals surface area contributed by atoms with E-state index < -0.39 is 11.1 Å². The molecule has 8 heteroatoms. The molecular formula is C17H20FN5O2. The quantitative estimate of drug-likeness (QED) is 0.635. The molecule has 1 saturated heterocycles. The van der Waals surface area contributed by atoms with E-state index >= 15 is 0 Å². The largest absolute Gasteiger partial charge is 0.373 e. The molecule has 0 bridgehead atoms. The number of anilines is 4. The van der Waals surface area contributed by atoms with Gasteiger partial charge < -0.3 is 15.5 Å². The average Bonchev–Trinajstić information content (AvgIpc) is 2.62. The smallest absolute Gasteiger partial charge is 0.311 e. The molecule has 0 aliphatic carbocycles. The number of hydrogen-bond acceptors (Lipinski definition) is 6. The lowest BCUT2D eigenvalue weighted by Crippen LogP contribution is -2.36. The fourth-order valence-corrected chi connectivity index (χ4v) is 2.96. The maximum atomic E-state index is 13.8. The summed E-state index contributed by atoms with van der Waals surface area (Å²) < 4.78 is 13.8. The molecule has 7 nitrogen and oxygen atoms in total. The highest BCUT2D eigenvalue weighted by molar-refractivity contribution is 5.77. The minimum absolute atomic E-state index is 0.115. The van der Waals surface area contributed by atoms with Gasteiger partial charge in [-0.3, -0.25) is 10.1 Å². The van der Waals surface area contributed by atoms with Crippen molar-refractivity contribution in [1.82, 2.24) is 4.98 Å². The first kappa shape index (κ1) is 16.9. The molecule has 132 valence electrons. The van der Waals surface area contributed by atoms with E-state index in [4.69, 9.17) is 0 Å². The minimum Gasteiger partial charge on any atom is -0.373 e. The number of para-hydroxylation sites is 2. The number of piperidine rings is 1. The number of aromatic nitrogens is 1. The second-order valence-electron chi connectivity index (χ2n) is 5.90. The molecular weight excluding hydrogens is 325 g/mol. The molecule has 0 spiro atoms. The van der Waals surface area contributed by atoms with Gasteiger partial charge in [0.05, 0.1) is 16.3 Å². The lowest BCUT2D eigenvalue weighted by Gasteiger charge is -2.32. The van der Waals surface area contributed by atoms with Crippen molar-refractivity contribution in [2.45, 2.75) is 19.0 Å². The van der Waals surface area contributed by atoms with Crippen LogP contribution in [0, 0.1) is 10.1 Å². The predicted octanol–water partition coefficient (Wildman–Crippen LogP) is 3.71. The Hall–Kier alpha value is -2.90. The van der Waals surface area contributed by atoms with E-state index in [1.807, 2.05) is 29.2 Å². The van der Waals surface area contributed by atoms with Gasteiger partial charge in [-0.1, -0.05) is 12.1 Å². The van der Waals surface area contributed by atoms with Crippen LogP contribution in [0.15, 0.2) is 36.4 Å². The first-order chi connectivity index (χ1) is 12.1. The number of alkyl halides is 1. The van der Waals surface area contributed by atoms with E-state index in [9.17, 15) is 14.5 Å². The zero-order chi connectivity index (χ0) is 17.8. The summed E-state index contributed by atoms with van der Waals surface area (Å²) in [5, 5.41) is 17.2. The topological polar surface area (TPSA) is 83.3 Å². The Morgan fingerprint density at radius 3 is 2.84 bits per heavy atom. The Morgan fingerprint density at radius 2 is 2.12 bits per heavy atom. The Balaban J connectivity index is 1.95. The Labute approximate surface area is 145 Å². The molecule has 3 rings (SSSR count). The van der Waals surface area contributed by atoms with Crippen LogP contribution in [0.4, 0.5) is 33.1 Å². The molecule has 0 amide bonds. The van der Waals surface area contributed by atoms with Gasteiger partial charge in [0.1, 0.15) is 12.0 Å². The van der Waals surface area contributed by atoms with E-state index in [-0.39, 0.29) is 11.5 Å². The second kappa shape index (κ2) is 7.33. The van der Waals surface area contributed by atoms with Crippen molar-refractivity contribution in [1.29, 1.82) is 0 Å². The highest BCUT2D eigenvalue weighted by Crippen LogP contribution is 2.34. The van der Waals surface area contributed by atoms with E-state index in [2.05, 4.69) is 15.6 Å². The number of nitrogens with one attached hydrogen (secondary N) is 2. The maximum Gasteiger partial charge on any atom is 0.311 e. The van der Waals surface area contributed by atoms with E-state index in [0.717, 1.165) is 18.7 Å². The summed E-state index contributed by atoms with van der Waals surface area (Å²) in [6.07, 6.45) is 0.494. The molecule has 0 radical (unpaired) electrons. The third-order valence-electron chi connectivity index (χ3n) is 4.19. The third kappa shape index (κ3) is 3.78. The van der Waals surface area contributed by atoms with Gasteiger partial charge >= 0.3 is 5.69 Å². The van der Waals surface area contributed by atoms with Crippen LogP contribution in [0.3, 0.4) is 0 Å². The van der Waals surface area contributed by atoms with Crippen molar-refractivity contribution < 1.29 is 9.31 Å². The summed E-state index contributed by atoms with van der Waals surface area (Å²) >= 11 is 0. The van der Waals surface area contributed by atoms with Crippen LogP contribution in [0.1, 0.15) is 12.8 Å². The van der Waals surface area contributed by atoms with Crippen LogP contribution in [0.2, 0.25) is 0 Å². The van der Waals surface area contributed by atoms with Crippen LogP contribution in [0.5, 0.6) is 0 Å². The number of pyridine rings is 1. The standard InChI is InChI=1S/C17H20FN5O2/c1-19-16-9-8-15(23(24)25)17(21-16)20-13-6-2-3-7-14(13)22-10-4-5-12(18)11-22/h2-3,6-9,12H,4-5,10-11H2,1H3,(H2,19,20,21). The molecule has 1 unspecified atom stereocenters. The predicted molar refractivity (Wildman–Crippen MR) is 96.5 cm³/mol. The molecule has 0 saturated carbocycles. The zero-order valence-electron chi connectivity index (χ0n) is 13.9. The number of rotatable bonds is 5. The first-order valence-electron chi connectivity index (χ1n) is 8.16. The Kier molecular flexibility index (Phi) is 4.97. The second-order valence-corrected chi connectivity index (χ2v) is 5.90. The molecule has 1 aliphatic rings. The van der Waals surface area contributed by atoms with E-state index in [1.54, 1.807) is 13.1 Å². The van der Waals surface area contributed by atoms with Gasteiger partial charge in [0.25, 0.3) is 0 Å². The summed E-state index contributed by atoms with van der Waals surface area (Å²) in [5.74, 6) is 0.672. The lowest BCUT2D eigenvalue weighted by atomic mass is 10.1. The summed E-state index contributed by atoms with van der Waals surface area (Å²) in [5.41, 5.74) is 1.37. The molecule has 1 atom stereocenters. The summed E-state index contributed by atoms with van der Waals surface area (Å²) in [7, 11) is 1.70. The molecule has 1 aromatic heterocycles. The zero-order valence-corrected chi connectivity index (χ0v) is 13.9. The number of benzene rings is 1. The van der Waals surface area contributed by atoms with Crippen LogP contribution < -0.4 is 15.5 Å². The normalized spacial score (nSPS) is 17.2. The average molecular weight is 345 g/mol. The van der Waals surface area contributed by atoms with E-state index in [1.165, 1.54) is 6.07 Å². The van der Waals surface area contributed by atoms with Crippen LogP contribution in [-0.2, 0) is 0 Å². The number of hydrogen-bond donors (Lipinski definition) is 2. The SMILES string of the molecule is CNc1ccc([N+](=O)[O-])c(Nc2ccccc2N2CCCC(F)C2)n1. The van der Waals surface area contributed by atoms with Crippen molar-refractivity contribution in [3.05, 3.63) is 46.5 Å². The van der Waals surface area contributed by atoms with Gasteiger partial charge in [-0.15, -0.1) is 0 Å². The summed E-state index contributed by atoms with van der Waals surface area (Å²) in [6.45, 7) is 1.08. The summed E-state index contributed by atoms with van der Waals surface area (Å²) in [6, 6.07) is 10.4. The van der Waals surface area contributed by atoms with Gasteiger partial charge in [0, 0.05) is 26.2 Å². The molecule has 2 aromatic rings. The summed E-state index contributed by atoms with van der Waals surface area (Å²) in [4.78, 5) is 17.0. The third-order valence-corrected chi connectivity index (χ3v) is 4.19. The Morgan fingerprint density at radius 1 is 1.32 bits per heavy atom. The van der Waals surface area contributed by atoms with Crippen molar-refractivity contribution in [2.24, 2.45) is 0 Å². The van der Waals surface area contributed by atoms with E-state index in [0.29, 0.717) is 24.5 Å². The fourth-order valence-electron chi connectivity index (χ4n) is 2.96. The van der Waals surface area contributed by atoms with Crippen molar-refractivity contribution >= 4 is 28.7 Å². The number of halogens is 1. The van der Waals surface area contributed by atoms with Crippen molar-refractivity contribution in [3.8, 4) is 0 Å². The molecule has 2 heterocycles. The number of nitrogens with zero attached hydrogens (tertiary/aromatic N) is 3. The van der Waals surface area contributed by atoms with Crippen LogP contribution >= 0.6 is 0 Å². The number of nitro groups is 1. The minimum atomic E-state index is -0.859. The molecule has 1 fully saturated rings. The molecule has 1 aliphatic heterocycles. The molecule has 2 N–H and O–H groups in total. The lowest BCUT2D eigenvalue weighted by molar-refractivity contribution is -0.384. The maximum absolute atomic E-state index is 13.8. The highest BCUT2D eigenvalue weighted by Gasteiger charge is 2.23. The Bertz CT molecular complexity index is 770. The van der Waals surface area contributed by atoms with Crippen molar-refractivity contribution in [3.63, 3.8) is 0 Å². The van der Waals surface area contributed by atoms with Crippen LogP contribution in [0.25, 0.3) is 0 Å². The van der Waals surface area contributed by atoms with Crippen molar-refractivity contribution in [2.75, 3.05) is 35.7 Å².